The predicted molar refractivity (Wildman–Crippen MR) is 132 cm³/mol. The average Bonchev–Trinajstić information content (AvgIpc) is 2.87. The predicted octanol–water partition coefficient (Wildman–Crippen LogP) is 4.88. The van der Waals surface area contributed by atoms with Gasteiger partial charge in [0.2, 0.25) is 0 Å². The van der Waals surface area contributed by atoms with Crippen molar-refractivity contribution in [1.29, 1.82) is 0 Å². The first-order chi connectivity index (χ1) is 16.6. The fourth-order valence-electron chi connectivity index (χ4n) is 3.74. The zero-order valence-corrected chi connectivity index (χ0v) is 20.5. The summed E-state index contributed by atoms with van der Waals surface area (Å²) in [7, 11) is 3.23. The molecule has 1 aliphatic heterocycles. The van der Waals surface area contributed by atoms with E-state index >= 15 is 0 Å². The summed E-state index contributed by atoms with van der Waals surface area (Å²) in [5.74, 6) is 1.31. The van der Waals surface area contributed by atoms with Crippen LogP contribution < -0.4 is 20.1 Å². The van der Waals surface area contributed by atoms with E-state index in [-0.39, 0.29) is 18.2 Å². The number of carbonyl (C=O) groups is 2. The van der Waals surface area contributed by atoms with E-state index in [2.05, 4.69) is 34.4 Å². The summed E-state index contributed by atoms with van der Waals surface area (Å²) >= 11 is 0. The molecular formula is C26H36N2O6. The zero-order valence-electron chi connectivity index (χ0n) is 20.5. The maximum absolute atomic E-state index is 12.4. The fraction of sp³-hybridized carbons (Fsp3) is 0.462. The minimum Gasteiger partial charge on any atom is -0.493 e. The van der Waals surface area contributed by atoms with Crippen LogP contribution in [-0.2, 0) is 20.7 Å². The van der Waals surface area contributed by atoms with Gasteiger partial charge in [0.15, 0.2) is 11.5 Å². The molecule has 1 amide bonds. The molecule has 0 bridgehead atoms. The number of alkyl carbamates (subject to hydrolysis) is 1. The van der Waals surface area contributed by atoms with Crippen LogP contribution in [0.15, 0.2) is 42.5 Å². The molecule has 2 aromatic carbocycles. The van der Waals surface area contributed by atoms with Crippen LogP contribution >= 0.6 is 0 Å². The van der Waals surface area contributed by atoms with Gasteiger partial charge in [0, 0.05) is 23.4 Å². The Kier molecular flexibility index (Phi) is 11.6. The Morgan fingerprint density at radius 1 is 1.12 bits per heavy atom. The van der Waals surface area contributed by atoms with Crippen molar-refractivity contribution < 1.29 is 28.5 Å². The Labute approximate surface area is 201 Å². The molecule has 0 fully saturated rings. The Morgan fingerprint density at radius 3 is 2.41 bits per heavy atom. The molecule has 0 aromatic heterocycles. The van der Waals surface area contributed by atoms with Crippen LogP contribution in [0, 0.1) is 0 Å². The van der Waals surface area contributed by atoms with Gasteiger partial charge in [-0.05, 0) is 44.2 Å². The van der Waals surface area contributed by atoms with E-state index < -0.39 is 0 Å². The number of methoxy groups -OCH3 is 2. The van der Waals surface area contributed by atoms with Crippen LogP contribution in [-0.4, -0.2) is 46.0 Å². The first-order valence-corrected chi connectivity index (χ1v) is 11.6. The summed E-state index contributed by atoms with van der Waals surface area (Å²) in [6, 6.07) is 14.2. The van der Waals surface area contributed by atoms with E-state index in [0.29, 0.717) is 31.2 Å². The number of amides is 1. The molecular weight excluding hydrogens is 436 g/mol. The van der Waals surface area contributed by atoms with Gasteiger partial charge in [0.25, 0.3) is 6.47 Å². The lowest BCUT2D eigenvalue weighted by Crippen LogP contribution is -2.37. The van der Waals surface area contributed by atoms with Crippen molar-refractivity contribution in [2.45, 2.75) is 51.6 Å². The number of hydrogen-bond donors (Lipinski definition) is 2. The highest BCUT2D eigenvalue weighted by Crippen LogP contribution is 2.41. The number of hydrogen-bond acceptors (Lipinski definition) is 7. The molecule has 0 saturated carbocycles. The van der Waals surface area contributed by atoms with E-state index in [4.69, 9.17) is 14.2 Å². The molecule has 8 heteroatoms. The van der Waals surface area contributed by atoms with Crippen molar-refractivity contribution in [3.05, 3.63) is 53.6 Å². The van der Waals surface area contributed by atoms with Crippen LogP contribution in [0.5, 0.6) is 11.5 Å². The lowest BCUT2D eigenvalue weighted by molar-refractivity contribution is -0.128. The smallest absolute Gasteiger partial charge is 0.407 e. The third-order valence-electron chi connectivity index (χ3n) is 5.52. The number of ether oxygens (including phenoxy) is 4. The zero-order chi connectivity index (χ0) is 24.8. The van der Waals surface area contributed by atoms with Crippen LogP contribution in [0.1, 0.15) is 50.3 Å². The topological polar surface area (TPSA) is 95.1 Å². The molecule has 8 nitrogen and oxygen atoms in total. The van der Waals surface area contributed by atoms with Crippen molar-refractivity contribution in [2.75, 3.05) is 32.8 Å². The summed E-state index contributed by atoms with van der Waals surface area (Å²) in [6.07, 6.45) is 3.04. The van der Waals surface area contributed by atoms with Gasteiger partial charge in [-0.3, -0.25) is 4.79 Å². The second-order valence-electron chi connectivity index (χ2n) is 7.75. The quantitative estimate of drug-likeness (QED) is 0.376. The van der Waals surface area contributed by atoms with Crippen molar-refractivity contribution >= 4 is 18.3 Å². The molecule has 1 heterocycles. The van der Waals surface area contributed by atoms with Gasteiger partial charge in [-0.15, -0.1) is 0 Å². The van der Waals surface area contributed by atoms with E-state index in [0.717, 1.165) is 36.9 Å². The van der Waals surface area contributed by atoms with Crippen molar-refractivity contribution in [3.8, 4) is 11.5 Å². The normalized spacial score (nSPS) is 16.0. The van der Waals surface area contributed by atoms with Crippen molar-refractivity contribution in [2.24, 2.45) is 0 Å². The highest BCUT2D eigenvalue weighted by Gasteiger charge is 2.29. The SMILES string of the molecule is CCOC=O.CC[C@H]1C[C@@H](NC(=O)OCCCc2ccccc2)c2cc(OC)c(OC)cc2N1. The number of rotatable bonds is 10. The lowest BCUT2D eigenvalue weighted by atomic mass is 9.91. The third-order valence-corrected chi connectivity index (χ3v) is 5.52. The fourth-order valence-corrected chi connectivity index (χ4v) is 3.74. The molecule has 2 atom stereocenters. The first-order valence-electron chi connectivity index (χ1n) is 11.6. The number of carbonyl (C=O) groups excluding carboxylic acids is 2. The van der Waals surface area contributed by atoms with Crippen LogP contribution in [0.3, 0.4) is 0 Å². The second kappa shape index (κ2) is 14.7. The van der Waals surface area contributed by atoms with E-state index in [1.54, 1.807) is 21.1 Å². The van der Waals surface area contributed by atoms with Gasteiger partial charge in [-0.25, -0.2) is 4.79 Å². The van der Waals surface area contributed by atoms with E-state index in [9.17, 15) is 9.59 Å². The van der Waals surface area contributed by atoms with Crippen LogP contribution in [0.4, 0.5) is 10.5 Å². The maximum Gasteiger partial charge on any atom is 0.407 e. The average molecular weight is 473 g/mol. The van der Waals surface area contributed by atoms with E-state index in [1.807, 2.05) is 30.3 Å². The summed E-state index contributed by atoms with van der Waals surface area (Å²) < 4.78 is 20.4. The number of nitrogens with one attached hydrogen (secondary N) is 2. The number of aryl methyl sites for hydroxylation is 1. The minimum atomic E-state index is -0.388. The van der Waals surface area contributed by atoms with Gasteiger partial charge in [-0.2, -0.15) is 0 Å². The summed E-state index contributed by atoms with van der Waals surface area (Å²) in [4.78, 5) is 21.6. The van der Waals surface area contributed by atoms with Gasteiger partial charge in [0.05, 0.1) is 33.5 Å². The molecule has 186 valence electrons. The molecule has 0 saturated heterocycles. The number of benzene rings is 2. The molecule has 0 aliphatic carbocycles. The Balaban J connectivity index is 0.000000739. The second-order valence-corrected chi connectivity index (χ2v) is 7.75. The number of anilines is 1. The van der Waals surface area contributed by atoms with Crippen LogP contribution in [0.2, 0.25) is 0 Å². The monoisotopic (exact) mass is 472 g/mol. The Bertz CT molecular complexity index is 890. The van der Waals surface area contributed by atoms with Crippen LogP contribution in [0.25, 0.3) is 0 Å². The lowest BCUT2D eigenvalue weighted by Gasteiger charge is -2.33. The maximum atomic E-state index is 12.4. The van der Waals surface area contributed by atoms with E-state index in [1.165, 1.54) is 5.56 Å². The molecule has 0 radical (unpaired) electrons. The Hall–Kier alpha value is -3.42. The van der Waals surface area contributed by atoms with Gasteiger partial charge < -0.3 is 29.6 Å². The largest absolute Gasteiger partial charge is 0.493 e. The molecule has 2 aromatic rings. The highest BCUT2D eigenvalue weighted by atomic mass is 16.5. The third kappa shape index (κ3) is 8.17. The summed E-state index contributed by atoms with van der Waals surface area (Å²) in [5.41, 5.74) is 3.18. The molecule has 3 rings (SSSR count). The molecule has 0 spiro atoms. The summed E-state index contributed by atoms with van der Waals surface area (Å²) in [6.45, 7) is 5.18. The minimum absolute atomic E-state index is 0.141. The van der Waals surface area contributed by atoms with Gasteiger partial charge >= 0.3 is 6.09 Å². The molecule has 2 N–H and O–H groups in total. The first kappa shape index (κ1) is 26.8. The standard InChI is InChI=1S/C23H30N2O4.C3H6O2/c1-4-17-13-19(18-14-21(27-2)22(28-3)15-20(18)24-17)25-23(26)29-12-8-11-16-9-6-5-7-10-16;1-2-5-3-4/h5-7,9-10,14-15,17,19,24H,4,8,11-13H2,1-3H3,(H,25,26);3H,2H2,1H3/t17-,19+;/m0./s1. The van der Waals surface area contributed by atoms with Gasteiger partial charge in [0.1, 0.15) is 0 Å². The highest BCUT2D eigenvalue weighted by molar-refractivity contribution is 5.70. The number of fused-ring (bicyclic) bond motifs is 1. The Morgan fingerprint density at radius 2 is 1.82 bits per heavy atom. The summed E-state index contributed by atoms with van der Waals surface area (Å²) in [5, 5.41) is 6.55. The molecule has 0 unspecified atom stereocenters. The van der Waals surface area contributed by atoms with Crippen molar-refractivity contribution in [1.82, 2.24) is 5.32 Å². The van der Waals surface area contributed by atoms with Gasteiger partial charge in [-0.1, -0.05) is 37.3 Å². The molecule has 34 heavy (non-hydrogen) atoms. The molecule has 1 aliphatic rings. The van der Waals surface area contributed by atoms with Crippen molar-refractivity contribution in [3.63, 3.8) is 0 Å².